The van der Waals surface area contributed by atoms with E-state index in [4.69, 9.17) is 11.0 Å². The number of aromatic nitrogens is 1. The van der Waals surface area contributed by atoms with Gasteiger partial charge in [0, 0.05) is 11.7 Å². The smallest absolute Gasteiger partial charge is 0.122 e. The summed E-state index contributed by atoms with van der Waals surface area (Å²) in [5.41, 5.74) is 8.97. The molecule has 1 aromatic heterocycles. The topological polar surface area (TPSA) is 54.7 Å². The third kappa shape index (κ3) is 1.82. The minimum absolute atomic E-state index is 0.415. The fourth-order valence-corrected chi connectivity index (χ4v) is 3.17. The Hall–Kier alpha value is -1.43. The van der Waals surface area contributed by atoms with Crippen LogP contribution in [-0.4, -0.2) is 4.57 Å². The summed E-state index contributed by atoms with van der Waals surface area (Å²) in [5, 5.41) is 9.14. The molecule has 92 valence electrons. The van der Waals surface area contributed by atoms with Crippen molar-refractivity contribution >= 4 is 5.82 Å². The molecule has 1 unspecified atom stereocenters. The molecule has 1 heterocycles. The lowest BCUT2D eigenvalue weighted by Gasteiger charge is -2.24. The second-order valence-corrected chi connectivity index (χ2v) is 5.24. The van der Waals surface area contributed by atoms with Crippen molar-refractivity contribution in [3.63, 3.8) is 0 Å². The van der Waals surface area contributed by atoms with Crippen LogP contribution >= 0.6 is 0 Å². The monoisotopic (exact) mass is 231 g/mol. The van der Waals surface area contributed by atoms with Gasteiger partial charge in [0.1, 0.15) is 11.9 Å². The lowest BCUT2D eigenvalue weighted by Crippen LogP contribution is -2.17. The summed E-state index contributed by atoms with van der Waals surface area (Å²) in [6, 6.07) is 2.64. The molecule has 0 saturated heterocycles. The molecule has 1 fully saturated rings. The second-order valence-electron chi connectivity index (χ2n) is 5.24. The molecule has 0 spiro atoms. The summed E-state index contributed by atoms with van der Waals surface area (Å²) < 4.78 is 2.17. The Morgan fingerprint density at radius 1 is 1.35 bits per heavy atom. The molecule has 2 N–H and O–H groups in total. The molecule has 3 heteroatoms. The molecular weight excluding hydrogens is 210 g/mol. The highest BCUT2D eigenvalue weighted by Crippen LogP contribution is 2.38. The van der Waals surface area contributed by atoms with Crippen molar-refractivity contribution in [3.8, 4) is 6.07 Å². The van der Waals surface area contributed by atoms with Gasteiger partial charge < -0.3 is 10.3 Å². The van der Waals surface area contributed by atoms with Crippen molar-refractivity contribution in [3.05, 3.63) is 16.8 Å². The highest BCUT2D eigenvalue weighted by atomic mass is 15.1. The zero-order valence-electron chi connectivity index (χ0n) is 11.0. The van der Waals surface area contributed by atoms with Crippen LogP contribution in [0.2, 0.25) is 0 Å². The Kier molecular flexibility index (Phi) is 3.15. The molecule has 3 nitrogen and oxygen atoms in total. The first kappa shape index (κ1) is 12.0. The van der Waals surface area contributed by atoms with Gasteiger partial charge in [0.25, 0.3) is 0 Å². The largest absolute Gasteiger partial charge is 0.384 e. The van der Waals surface area contributed by atoms with E-state index in [2.05, 4.69) is 24.5 Å². The molecule has 2 rings (SSSR count). The van der Waals surface area contributed by atoms with E-state index in [1.807, 2.05) is 6.92 Å². The summed E-state index contributed by atoms with van der Waals surface area (Å²) in [7, 11) is 0. The zero-order chi connectivity index (χ0) is 12.6. The summed E-state index contributed by atoms with van der Waals surface area (Å²) in [6.45, 7) is 6.29. The highest BCUT2D eigenvalue weighted by molar-refractivity contribution is 5.58. The predicted octanol–water partition coefficient (Wildman–Crippen LogP) is 3.31. The standard InChI is InChI=1S/C14H21N3/c1-9-10(2)17(14(16)13(9)8-15)11(3)12-6-4-5-7-12/h11-12H,4-7,16H2,1-3H3. The minimum atomic E-state index is 0.415. The lowest BCUT2D eigenvalue weighted by atomic mass is 9.99. The van der Waals surface area contributed by atoms with Gasteiger partial charge in [-0.3, -0.25) is 0 Å². The summed E-state index contributed by atoms with van der Waals surface area (Å²) in [4.78, 5) is 0. The molecular formula is C14H21N3. The molecule has 0 radical (unpaired) electrons. The van der Waals surface area contributed by atoms with Crippen molar-refractivity contribution < 1.29 is 0 Å². The average molecular weight is 231 g/mol. The Morgan fingerprint density at radius 2 is 1.94 bits per heavy atom. The van der Waals surface area contributed by atoms with E-state index in [1.165, 1.54) is 25.7 Å². The molecule has 1 saturated carbocycles. The Labute approximate surface area is 103 Å². The third-order valence-corrected chi connectivity index (χ3v) is 4.40. The number of rotatable bonds is 2. The minimum Gasteiger partial charge on any atom is -0.384 e. The van der Waals surface area contributed by atoms with Crippen LogP contribution in [0.25, 0.3) is 0 Å². The number of nitrogen functional groups attached to an aromatic ring is 1. The molecule has 1 aromatic rings. The van der Waals surface area contributed by atoms with Crippen LogP contribution in [0.5, 0.6) is 0 Å². The van der Waals surface area contributed by atoms with Gasteiger partial charge >= 0.3 is 0 Å². The summed E-state index contributed by atoms with van der Waals surface area (Å²) in [5.74, 6) is 1.37. The van der Waals surface area contributed by atoms with E-state index in [1.54, 1.807) is 0 Å². The van der Waals surface area contributed by atoms with E-state index < -0.39 is 0 Å². The van der Waals surface area contributed by atoms with Gasteiger partial charge in [-0.2, -0.15) is 5.26 Å². The van der Waals surface area contributed by atoms with Gasteiger partial charge in [-0.1, -0.05) is 12.8 Å². The quantitative estimate of drug-likeness (QED) is 0.849. The average Bonchev–Trinajstić information content (AvgIpc) is 2.88. The van der Waals surface area contributed by atoms with E-state index in [9.17, 15) is 0 Å². The van der Waals surface area contributed by atoms with Crippen LogP contribution in [0.3, 0.4) is 0 Å². The fraction of sp³-hybridized carbons (Fsp3) is 0.643. The van der Waals surface area contributed by atoms with Gasteiger partial charge in [0.15, 0.2) is 0 Å². The Balaban J connectivity index is 2.41. The van der Waals surface area contributed by atoms with Crippen LogP contribution in [0.15, 0.2) is 0 Å². The van der Waals surface area contributed by atoms with Crippen molar-refractivity contribution in [1.82, 2.24) is 4.57 Å². The highest BCUT2D eigenvalue weighted by Gasteiger charge is 2.27. The van der Waals surface area contributed by atoms with Gasteiger partial charge in [-0.25, -0.2) is 0 Å². The Morgan fingerprint density at radius 3 is 2.41 bits per heavy atom. The van der Waals surface area contributed by atoms with E-state index >= 15 is 0 Å². The van der Waals surface area contributed by atoms with Crippen molar-refractivity contribution in [2.75, 3.05) is 5.73 Å². The maximum Gasteiger partial charge on any atom is 0.122 e. The van der Waals surface area contributed by atoms with Crippen LogP contribution < -0.4 is 5.73 Å². The number of hydrogen-bond acceptors (Lipinski definition) is 2. The normalized spacial score (nSPS) is 18.2. The molecule has 17 heavy (non-hydrogen) atoms. The molecule has 1 aliphatic rings. The van der Waals surface area contributed by atoms with Crippen molar-refractivity contribution in [2.45, 2.75) is 52.5 Å². The van der Waals surface area contributed by atoms with E-state index in [0.29, 0.717) is 23.3 Å². The molecule has 1 atom stereocenters. The number of anilines is 1. The van der Waals surface area contributed by atoms with Crippen LogP contribution in [0.4, 0.5) is 5.82 Å². The van der Waals surface area contributed by atoms with Gasteiger partial charge in [-0.05, 0) is 45.1 Å². The molecule has 0 bridgehead atoms. The van der Waals surface area contributed by atoms with Gasteiger partial charge in [0.05, 0.1) is 5.56 Å². The van der Waals surface area contributed by atoms with Crippen LogP contribution in [0, 0.1) is 31.1 Å². The van der Waals surface area contributed by atoms with E-state index in [0.717, 1.165) is 11.3 Å². The second kappa shape index (κ2) is 4.44. The zero-order valence-corrected chi connectivity index (χ0v) is 11.0. The number of hydrogen-bond donors (Lipinski definition) is 1. The first-order chi connectivity index (χ1) is 8.07. The molecule has 0 aromatic carbocycles. The van der Waals surface area contributed by atoms with Crippen molar-refractivity contribution in [2.24, 2.45) is 5.92 Å². The molecule has 0 amide bonds. The van der Waals surface area contributed by atoms with Crippen LogP contribution in [0.1, 0.15) is 55.5 Å². The van der Waals surface area contributed by atoms with Gasteiger partial charge in [-0.15, -0.1) is 0 Å². The van der Waals surface area contributed by atoms with E-state index in [-0.39, 0.29) is 0 Å². The maximum absolute atomic E-state index is 9.14. The SMILES string of the molecule is Cc1c(C#N)c(N)n(C(C)C2CCCC2)c1C. The van der Waals surface area contributed by atoms with Crippen molar-refractivity contribution in [1.29, 1.82) is 5.26 Å². The number of nitrogens with two attached hydrogens (primary N) is 1. The summed E-state index contributed by atoms with van der Waals surface area (Å²) in [6.07, 6.45) is 5.25. The first-order valence-corrected chi connectivity index (χ1v) is 6.44. The predicted molar refractivity (Wildman–Crippen MR) is 69.7 cm³/mol. The number of nitriles is 1. The summed E-state index contributed by atoms with van der Waals surface area (Å²) >= 11 is 0. The lowest BCUT2D eigenvalue weighted by molar-refractivity contribution is 0.360. The molecule has 0 aliphatic heterocycles. The van der Waals surface area contributed by atoms with Gasteiger partial charge in [0.2, 0.25) is 0 Å². The van der Waals surface area contributed by atoms with Crippen LogP contribution in [-0.2, 0) is 0 Å². The Bertz CT molecular complexity index is 459. The molecule has 1 aliphatic carbocycles. The maximum atomic E-state index is 9.14. The third-order valence-electron chi connectivity index (χ3n) is 4.40. The fourth-order valence-electron chi connectivity index (χ4n) is 3.17. The first-order valence-electron chi connectivity index (χ1n) is 6.44. The number of nitrogens with zero attached hydrogens (tertiary/aromatic N) is 2.